The van der Waals surface area contributed by atoms with Gasteiger partial charge in [0.2, 0.25) is 5.91 Å². The quantitative estimate of drug-likeness (QED) is 0.706. The molecule has 1 aromatic carbocycles. The van der Waals surface area contributed by atoms with E-state index in [-0.39, 0.29) is 18.0 Å². The Morgan fingerprint density at radius 2 is 1.88 bits per heavy atom. The van der Waals surface area contributed by atoms with Gasteiger partial charge >= 0.3 is 6.09 Å². The van der Waals surface area contributed by atoms with Crippen LogP contribution < -0.4 is 5.32 Å². The van der Waals surface area contributed by atoms with Gasteiger partial charge in [-0.3, -0.25) is 9.69 Å². The molecule has 2 amide bonds. The van der Waals surface area contributed by atoms with Gasteiger partial charge < -0.3 is 15.0 Å². The van der Waals surface area contributed by atoms with Gasteiger partial charge in [0.1, 0.15) is 5.60 Å². The third kappa shape index (κ3) is 6.47. The molecule has 0 aliphatic carbocycles. The van der Waals surface area contributed by atoms with E-state index in [1.165, 1.54) is 0 Å². The first-order valence-electron chi connectivity index (χ1n) is 8.41. The first-order valence-corrected chi connectivity index (χ1v) is 9.49. The summed E-state index contributed by atoms with van der Waals surface area (Å²) in [6, 6.07) is 7.70. The number of anilines is 1. The Morgan fingerprint density at radius 1 is 1.24 bits per heavy atom. The van der Waals surface area contributed by atoms with Gasteiger partial charge in [0.25, 0.3) is 0 Å². The van der Waals surface area contributed by atoms with Crippen LogP contribution in [0.2, 0.25) is 0 Å². The number of halogens is 1. The predicted octanol–water partition coefficient (Wildman–Crippen LogP) is 3.17. The Labute approximate surface area is 163 Å². The Kier molecular flexibility index (Phi) is 6.67. The van der Waals surface area contributed by atoms with Crippen molar-refractivity contribution in [3.63, 3.8) is 0 Å². The lowest BCUT2D eigenvalue weighted by Gasteiger charge is -2.39. The molecule has 0 radical (unpaired) electrons. The van der Waals surface area contributed by atoms with E-state index in [2.05, 4.69) is 32.8 Å². The zero-order chi connectivity index (χ0) is 18.6. The third-order valence-electron chi connectivity index (χ3n) is 3.83. The van der Waals surface area contributed by atoms with Crippen LogP contribution in [0.15, 0.2) is 24.3 Å². The van der Waals surface area contributed by atoms with Gasteiger partial charge in [0.15, 0.2) is 0 Å². The largest absolute Gasteiger partial charge is 0.444 e. The number of amides is 2. The van der Waals surface area contributed by atoms with Gasteiger partial charge in [-0.25, -0.2) is 4.79 Å². The average Bonchev–Trinajstić information content (AvgIpc) is 2.47. The molecule has 1 saturated heterocycles. The first-order chi connectivity index (χ1) is 11.6. The van der Waals surface area contributed by atoms with Crippen LogP contribution in [-0.4, -0.2) is 59.6 Å². The van der Waals surface area contributed by atoms with Crippen LogP contribution >= 0.6 is 22.6 Å². The number of carbonyl (C=O) groups is 2. The van der Waals surface area contributed by atoms with Crippen LogP contribution in [0.5, 0.6) is 0 Å². The molecular formula is C18H26IN3O3. The highest BCUT2D eigenvalue weighted by atomic mass is 127. The van der Waals surface area contributed by atoms with Crippen molar-refractivity contribution in [3.8, 4) is 0 Å². The van der Waals surface area contributed by atoms with Crippen molar-refractivity contribution in [2.24, 2.45) is 0 Å². The summed E-state index contributed by atoms with van der Waals surface area (Å²) >= 11 is 2.23. The topological polar surface area (TPSA) is 61.9 Å². The lowest BCUT2D eigenvalue weighted by Crippen LogP contribution is -2.56. The van der Waals surface area contributed by atoms with Crippen LogP contribution in [0.25, 0.3) is 0 Å². The van der Waals surface area contributed by atoms with Crippen molar-refractivity contribution in [3.05, 3.63) is 27.8 Å². The first kappa shape index (κ1) is 20.0. The highest BCUT2D eigenvalue weighted by Gasteiger charge is 2.31. The SMILES string of the molecule is C[C@@H]1CN(CC(=O)Nc2ccc(I)cc2)CCN1C(=O)OC(C)(C)C. The molecule has 1 atom stereocenters. The summed E-state index contributed by atoms with van der Waals surface area (Å²) < 4.78 is 6.57. The van der Waals surface area contributed by atoms with Gasteiger partial charge in [-0.05, 0) is 74.6 Å². The minimum absolute atomic E-state index is 0.00898. The molecule has 0 bridgehead atoms. The van der Waals surface area contributed by atoms with E-state index in [1.54, 1.807) is 4.90 Å². The van der Waals surface area contributed by atoms with Crippen molar-refractivity contribution in [1.29, 1.82) is 0 Å². The molecule has 7 heteroatoms. The smallest absolute Gasteiger partial charge is 0.410 e. The number of carbonyl (C=O) groups excluding carboxylic acids is 2. The van der Waals surface area contributed by atoms with Crippen LogP contribution in [0.3, 0.4) is 0 Å². The molecule has 138 valence electrons. The number of hydrogen-bond acceptors (Lipinski definition) is 4. The summed E-state index contributed by atoms with van der Waals surface area (Å²) in [5.74, 6) is -0.0425. The zero-order valence-corrected chi connectivity index (χ0v) is 17.4. The maximum absolute atomic E-state index is 12.2. The summed E-state index contributed by atoms with van der Waals surface area (Å²) in [5, 5.41) is 2.91. The summed E-state index contributed by atoms with van der Waals surface area (Å²) in [4.78, 5) is 28.2. The van der Waals surface area contributed by atoms with Crippen LogP contribution in [0, 0.1) is 3.57 Å². The maximum atomic E-state index is 12.2. The average molecular weight is 459 g/mol. The lowest BCUT2D eigenvalue weighted by atomic mass is 10.2. The number of hydrogen-bond donors (Lipinski definition) is 1. The fraction of sp³-hybridized carbons (Fsp3) is 0.556. The van der Waals surface area contributed by atoms with Crippen LogP contribution in [0.4, 0.5) is 10.5 Å². The van der Waals surface area contributed by atoms with Crippen LogP contribution in [0.1, 0.15) is 27.7 Å². The highest BCUT2D eigenvalue weighted by Crippen LogP contribution is 2.16. The van der Waals surface area contributed by atoms with E-state index in [9.17, 15) is 9.59 Å². The number of rotatable bonds is 3. The molecule has 0 spiro atoms. The van der Waals surface area contributed by atoms with E-state index in [4.69, 9.17) is 4.74 Å². The lowest BCUT2D eigenvalue weighted by molar-refractivity contribution is -0.117. The fourth-order valence-electron chi connectivity index (χ4n) is 2.71. The molecule has 1 heterocycles. The van der Waals surface area contributed by atoms with Crippen molar-refractivity contribution in [1.82, 2.24) is 9.80 Å². The highest BCUT2D eigenvalue weighted by molar-refractivity contribution is 14.1. The second kappa shape index (κ2) is 8.35. The molecule has 1 N–H and O–H groups in total. The van der Waals surface area contributed by atoms with Gasteiger partial charge in [-0.1, -0.05) is 0 Å². The molecule has 1 aliphatic heterocycles. The Hall–Kier alpha value is -1.35. The monoisotopic (exact) mass is 459 g/mol. The summed E-state index contributed by atoms with van der Waals surface area (Å²) in [5.41, 5.74) is 0.298. The van der Waals surface area contributed by atoms with E-state index >= 15 is 0 Å². The number of nitrogens with one attached hydrogen (secondary N) is 1. The Bertz CT molecular complexity index is 613. The second-order valence-corrected chi connectivity index (χ2v) is 8.56. The predicted molar refractivity (Wildman–Crippen MR) is 107 cm³/mol. The van der Waals surface area contributed by atoms with Crippen LogP contribution in [-0.2, 0) is 9.53 Å². The van der Waals surface area contributed by atoms with E-state index < -0.39 is 5.60 Å². The minimum atomic E-state index is -0.499. The minimum Gasteiger partial charge on any atom is -0.444 e. The summed E-state index contributed by atoms with van der Waals surface area (Å²) in [7, 11) is 0. The molecule has 0 saturated carbocycles. The number of ether oxygens (including phenoxy) is 1. The second-order valence-electron chi connectivity index (χ2n) is 7.31. The standard InChI is InChI=1S/C18H26IN3O3/c1-13-11-21(9-10-22(13)17(24)25-18(2,3)4)12-16(23)20-15-7-5-14(19)6-8-15/h5-8,13H,9-12H2,1-4H3,(H,20,23)/t13-/m1/s1. The summed E-state index contributed by atoms with van der Waals surface area (Å²) in [6.07, 6.45) is -0.289. The molecule has 6 nitrogen and oxygen atoms in total. The molecule has 1 fully saturated rings. The molecular weight excluding hydrogens is 433 g/mol. The number of benzene rings is 1. The molecule has 25 heavy (non-hydrogen) atoms. The Morgan fingerprint density at radius 3 is 2.44 bits per heavy atom. The van der Waals surface area contributed by atoms with Gasteiger partial charge in [-0.15, -0.1) is 0 Å². The van der Waals surface area contributed by atoms with Crippen molar-refractivity contribution >= 4 is 40.3 Å². The van der Waals surface area contributed by atoms with Gasteiger partial charge in [-0.2, -0.15) is 0 Å². The number of nitrogens with zero attached hydrogens (tertiary/aromatic N) is 2. The molecule has 0 unspecified atom stereocenters. The van der Waals surface area contributed by atoms with Gasteiger partial charge in [0, 0.05) is 34.9 Å². The molecule has 1 aromatic rings. The van der Waals surface area contributed by atoms with Crippen molar-refractivity contribution in [2.75, 3.05) is 31.5 Å². The molecule has 0 aromatic heterocycles. The number of piperazine rings is 1. The molecule has 2 rings (SSSR count). The Balaban J connectivity index is 1.83. The van der Waals surface area contributed by atoms with Crippen molar-refractivity contribution in [2.45, 2.75) is 39.3 Å². The van der Waals surface area contributed by atoms with E-state index in [0.29, 0.717) is 26.2 Å². The van der Waals surface area contributed by atoms with Crippen molar-refractivity contribution < 1.29 is 14.3 Å². The maximum Gasteiger partial charge on any atom is 0.410 e. The summed E-state index contributed by atoms with van der Waals surface area (Å²) in [6.45, 7) is 9.75. The van der Waals surface area contributed by atoms with E-state index in [1.807, 2.05) is 52.0 Å². The zero-order valence-electron chi connectivity index (χ0n) is 15.2. The third-order valence-corrected chi connectivity index (χ3v) is 4.55. The normalized spacial score (nSPS) is 18.8. The van der Waals surface area contributed by atoms with Gasteiger partial charge in [0.05, 0.1) is 6.54 Å². The molecule has 1 aliphatic rings. The van der Waals surface area contributed by atoms with E-state index in [0.717, 1.165) is 9.26 Å². The fourth-order valence-corrected chi connectivity index (χ4v) is 3.06.